The lowest BCUT2D eigenvalue weighted by molar-refractivity contribution is -0.141. The maximum absolute atomic E-state index is 13.1. The second-order valence-corrected chi connectivity index (χ2v) is 12.3. The number of aryl methyl sites for hydroxylation is 1. The van der Waals surface area contributed by atoms with Gasteiger partial charge in [0.2, 0.25) is 0 Å². The molecule has 3 aromatic rings. The fraction of sp³-hybridized carbons (Fsp3) is 0.400. The Bertz CT molecular complexity index is 1550. The SMILES string of the molecule is CCS(=O)(=O)c1cc(OC(C(=O)N(C)C)S(C)(=O)=O)cnc1-c1nc2cc(C(F)(F)F)ncc2n1C. The van der Waals surface area contributed by atoms with Crippen LogP contribution in [0.1, 0.15) is 12.6 Å². The van der Waals surface area contributed by atoms with Gasteiger partial charge in [0, 0.05) is 33.5 Å². The zero-order chi connectivity index (χ0) is 27.2. The predicted octanol–water partition coefficient (Wildman–Crippen LogP) is 1.68. The van der Waals surface area contributed by atoms with Crippen LogP contribution in [0.25, 0.3) is 22.6 Å². The molecule has 0 aromatic carbocycles. The molecule has 0 aliphatic carbocycles. The first-order valence-electron chi connectivity index (χ1n) is 10.2. The minimum atomic E-state index is -4.71. The van der Waals surface area contributed by atoms with Crippen LogP contribution in [0.15, 0.2) is 29.4 Å². The molecule has 0 radical (unpaired) electrons. The molecule has 3 heterocycles. The van der Waals surface area contributed by atoms with Crippen LogP contribution >= 0.6 is 0 Å². The minimum absolute atomic E-state index is 0.0752. The lowest BCUT2D eigenvalue weighted by Crippen LogP contribution is -2.42. The van der Waals surface area contributed by atoms with Crippen molar-refractivity contribution in [3.8, 4) is 17.3 Å². The number of sulfone groups is 2. The van der Waals surface area contributed by atoms with Crippen molar-refractivity contribution in [3.05, 3.63) is 30.2 Å². The van der Waals surface area contributed by atoms with Gasteiger partial charge in [0.25, 0.3) is 11.3 Å². The molecular formula is C20H22F3N5O6S2. The Labute approximate surface area is 204 Å². The first-order chi connectivity index (χ1) is 16.5. The quantitative estimate of drug-likeness (QED) is 0.430. The summed E-state index contributed by atoms with van der Waals surface area (Å²) in [6.45, 7) is 1.36. The standard InChI is InChI=1S/C20H22F3N5O6S2/c1-6-36(32,33)14-7-11(34-19(35(5,30)31)18(29)27(2)3)9-25-16(14)17-26-12-8-15(20(21,22)23)24-10-13(12)28(17)4/h7-10,19H,6H2,1-5H3. The van der Waals surface area contributed by atoms with Gasteiger partial charge >= 0.3 is 6.18 Å². The van der Waals surface area contributed by atoms with Crippen LogP contribution in [0.5, 0.6) is 5.75 Å². The van der Waals surface area contributed by atoms with E-state index in [9.17, 15) is 34.8 Å². The van der Waals surface area contributed by atoms with Gasteiger partial charge in [-0.25, -0.2) is 31.8 Å². The summed E-state index contributed by atoms with van der Waals surface area (Å²) in [6, 6.07) is 1.73. The molecule has 0 fully saturated rings. The molecule has 16 heteroatoms. The van der Waals surface area contributed by atoms with E-state index in [1.807, 2.05) is 0 Å². The number of carbonyl (C=O) groups excluding carboxylic acids is 1. The van der Waals surface area contributed by atoms with Crippen molar-refractivity contribution in [2.45, 2.75) is 23.4 Å². The number of fused-ring (bicyclic) bond motifs is 1. The number of likely N-dealkylation sites (N-methyl/N-ethyl adjacent to an activating group) is 1. The largest absolute Gasteiger partial charge is 0.463 e. The summed E-state index contributed by atoms with van der Waals surface area (Å²) in [6.07, 6.45) is -1.96. The van der Waals surface area contributed by atoms with E-state index in [-0.39, 0.29) is 34.1 Å². The summed E-state index contributed by atoms with van der Waals surface area (Å²) in [5, 5.41) is 0. The van der Waals surface area contributed by atoms with Crippen LogP contribution in [0.4, 0.5) is 13.2 Å². The molecule has 0 saturated heterocycles. The van der Waals surface area contributed by atoms with E-state index < -0.39 is 47.8 Å². The third kappa shape index (κ3) is 5.28. The second kappa shape index (κ2) is 9.31. The van der Waals surface area contributed by atoms with E-state index in [0.29, 0.717) is 0 Å². The number of ether oxygens (including phenoxy) is 1. The van der Waals surface area contributed by atoms with Gasteiger partial charge in [0.15, 0.2) is 25.5 Å². The molecule has 196 valence electrons. The molecule has 3 rings (SSSR count). The van der Waals surface area contributed by atoms with Crippen LogP contribution in [0.2, 0.25) is 0 Å². The van der Waals surface area contributed by atoms with E-state index in [4.69, 9.17) is 4.74 Å². The molecule has 0 bridgehead atoms. The molecule has 0 spiro atoms. The van der Waals surface area contributed by atoms with Gasteiger partial charge < -0.3 is 14.2 Å². The van der Waals surface area contributed by atoms with Crippen LogP contribution in [0, 0.1) is 0 Å². The summed E-state index contributed by atoms with van der Waals surface area (Å²) >= 11 is 0. The fourth-order valence-electron chi connectivity index (χ4n) is 3.16. The molecule has 0 saturated carbocycles. The number of aromatic nitrogens is 4. The normalized spacial score (nSPS) is 13.6. The summed E-state index contributed by atoms with van der Waals surface area (Å²) in [4.78, 5) is 24.6. The van der Waals surface area contributed by atoms with E-state index in [1.165, 1.54) is 32.6 Å². The number of imidazole rings is 1. The number of pyridine rings is 2. The number of halogens is 3. The van der Waals surface area contributed by atoms with Gasteiger partial charge in [-0.2, -0.15) is 13.2 Å². The van der Waals surface area contributed by atoms with Crippen molar-refractivity contribution in [1.29, 1.82) is 0 Å². The summed E-state index contributed by atoms with van der Waals surface area (Å²) in [7, 11) is -4.01. The van der Waals surface area contributed by atoms with Crippen LogP contribution in [0.3, 0.4) is 0 Å². The third-order valence-corrected chi connectivity index (χ3v) is 7.90. The van der Waals surface area contributed by atoms with Gasteiger partial charge in [-0.1, -0.05) is 6.92 Å². The van der Waals surface area contributed by atoms with Crippen molar-refractivity contribution in [2.75, 3.05) is 26.1 Å². The Morgan fingerprint density at radius 2 is 1.78 bits per heavy atom. The highest BCUT2D eigenvalue weighted by Crippen LogP contribution is 2.33. The Morgan fingerprint density at radius 1 is 1.14 bits per heavy atom. The smallest absolute Gasteiger partial charge is 0.433 e. The zero-order valence-electron chi connectivity index (χ0n) is 19.7. The van der Waals surface area contributed by atoms with Gasteiger partial charge in [-0.05, 0) is 6.07 Å². The first kappa shape index (κ1) is 27.3. The van der Waals surface area contributed by atoms with E-state index >= 15 is 0 Å². The van der Waals surface area contributed by atoms with Crippen LogP contribution < -0.4 is 4.74 Å². The van der Waals surface area contributed by atoms with Gasteiger partial charge in [-0.3, -0.25) is 4.79 Å². The molecule has 1 unspecified atom stereocenters. The van der Waals surface area contributed by atoms with Gasteiger partial charge in [-0.15, -0.1) is 0 Å². The van der Waals surface area contributed by atoms with Gasteiger partial charge in [0.1, 0.15) is 22.0 Å². The Balaban J connectivity index is 2.20. The van der Waals surface area contributed by atoms with E-state index in [1.54, 1.807) is 0 Å². The molecule has 1 amide bonds. The van der Waals surface area contributed by atoms with Crippen LogP contribution in [-0.2, 0) is 37.7 Å². The molecule has 3 aromatic heterocycles. The number of amides is 1. The van der Waals surface area contributed by atoms with E-state index in [2.05, 4.69) is 15.0 Å². The van der Waals surface area contributed by atoms with Crippen molar-refractivity contribution in [3.63, 3.8) is 0 Å². The maximum Gasteiger partial charge on any atom is 0.433 e. The summed E-state index contributed by atoms with van der Waals surface area (Å²) < 4.78 is 96.0. The lowest BCUT2D eigenvalue weighted by Gasteiger charge is -2.20. The fourth-order valence-corrected chi connectivity index (χ4v) is 5.07. The molecule has 0 N–H and O–H groups in total. The predicted molar refractivity (Wildman–Crippen MR) is 122 cm³/mol. The third-order valence-electron chi connectivity index (χ3n) is 5.09. The molecule has 0 aliphatic rings. The van der Waals surface area contributed by atoms with Crippen molar-refractivity contribution in [1.82, 2.24) is 24.4 Å². The number of hydrogen-bond donors (Lipinski definition) is 0. The molecule has 11 nitrogen and oxygen atoms in total. The monoisotopic (exact) mass is 549 g/mol. The lowest BCUT2D eigenvalue weighted by atomic mass is 10.3. The maximum atomic E-state index is 13.1. The highest BCUT2D eigenvalue weighted by molar-refractivity contribution is 7.92. The van der Waals surface area contributed by atoms with Crippen molar-refractivity contribution in [2.24, 2.45) is 7.05 Å². The van der Waals surface area contributed by atoms with Crippen molar-refractivity contribution >= 4 is 36.6 Å². The highest BCUT2D eigenvalue weighted by atomic mass is 32.2. The average molecular weight is 550 g/mol. The minimum Gasteiger partial charge on any atom is -0.463 e. The summed E-state index contributed by atoms with van der Waals surface area (Å²) in [5.74, 6) is -1.68. The number of rotatable bonds is 7. The van der Waals surface area contributed by atoms with Crippen molar-refractivity contribution < 1.29 is 39.5 Å². The first-order valence-corrected chi connectivity index (χ1v) is 13.8. The second-order valence-electron chi connectivity index (χ2n) is 7.98. The average Bonchev–Trinajstić information content (AvgIpc) is 3.11. The number of hydrogen-bond acceptors (Lipinski definition) is 9. The molecular weight excluding hydrogens is 527 g/mol. The number of alkyl halides is 3. The zero-order valence-corrected chi connectivity index (χ0v) is 21.4. The topological polar surface area (TPSA) is 141 Å². The Hall–Kier alpha value is -3.27. The summed E-state index contributed by atoms with van der Waals surface area (Å²) in [5.41, 5.74) is -3.24. The number of carbonyl (C=O) groups is 1. The number of nitrogens with zero attached hydrogens (tertiary/aromatic N) is 5. The van der Waals surface area contributed by atoms with Gasteiger partial charge in [0.05, 0.1) is 29.2 Å². The molecule has 36 heavy (non-hydrogen) atoms. The van der Waals surface area contributed by atoms with Crippen LogP contribution in [-0.4, -0.2) is 78.7 Å². The Morgan fingerprint density at radius 3 is 2.31 bits per heavy atom. The Kier molecular flexibility index (Phi) is 7.07. The highest BCUT2D eigenvalue weighted by Gasteiger charge is 2.35. The van der Waals surface area contributed by atoms with E-state index in [0.717, 1.165) is 35.7 Å². The molecule has 1 atom stereocenters. The molecule has 0 aliphatic heterocycles.